The van der Waals surface area contributed by atoms with Crippen molar-refractivity contribution >= 4 is 107 Å². The van der Waals surface area contributed by atoms with Crippen molar-refractivity contribution in [3.63, 3.8) is 0 Å². The van der Waals surface area contributed by atoms with E-state index in [2.05, 4.69) is 60.3 Å². The van der Waals surface area contributed by atoms with Crippen molar-refractivity contribution in [3.05, 3.63) is 0 Å². The van der Waals surface area contributed by atoms with E-state index in [4.69, 9.17) is 17.0 Å². The number of likely N-dealkylation sites (tertiary alicyclic amines) is 2. The number of nitrogens with one attached hydrogen (secondary N) is 8. The zero-order chi connectivity index (χ0) is 53.4. The van der Waals surface area contributed by atoms with E-state index in [1.165, 1.54) is 30.4 Å². The van der Waals surface area contributed by atoms with E-state index >= 15 is 0 Å². The zero-order valence-corrected chi connectivity index (χ0v) is 43.2. The van der Waals surface area contributed by atoms with Gasteiger partial charge in [-0.05, 0) is 63.7 Å². The lowest BCUT2D eigenvalue weighted by Gasteiger charge is -2.18. The molecule has 0 aromatic carbocycles. The minimum absolute atomic E-state index is 0.0122. The third-order valence-corrected chi connectivity index (χ3v) is 11.0. The Balaban J connectivity index is 0. The number of Topliss-reactive ketones (excluding diaryl/α,β-unsaturated/α-hetero) is 1. The fraction of sp³-hybridized carbons (Fsp3) is 0.725. The predicted molar refractivity (Wildman–Crippen MR) is 259 cm³/mol. The standard InChI is InChI=1S/C26H40N6O8S2.C14H26N2O6.2H2NP/c1-16(12-21(35)29-8-6-27-19(33)4-10-31-23(37)14-17(41-2)25(31)39)13-22(36)30-9-7-28-20(34)5-11-32-24(38)15-18(42-3)26(32)40;1-4-15-13(18)21-9-12(10-22-14(19)16-5-2)20-8-6-7-11(3)17;2*1-2/h16-18H,4-15H2,1-3H3,(H,27,33)(H,28,34)(H,29,35)(H,30,36);12H,4-10H2,1-3H3,(H,15,18)(H,16,19);2*1-2H/i/hD2. The third kappa shape index (κ3) is 29.9. The molecule has 24 nitrogen and oxygen atoms in total. The zero-order valence-electron chi connectivity index (χ0n) is 41.6. The monoisotopic (exact) mass is 1040 g/mol. The average Bonchev–Trinajstić information content (AvgIpc) is 3.74. The van der Waals surface area contributed by atoms with Crippen LogP contribution in [0.5, 0.6) is 0 Å². The van der Waals surface area contributed by atoms with Gasteiger partial charge in [0.25, 0.3) is 0 Å². The van der Waals surface area contributed by atoms with Gasteiger partial charge in [-0.2, -0.15) is 23.5 Å². The van der Waals surface area contributed by atoms with Gasteiger partial charge in [0, 0.05) is 104 Å². The van der Waals surface area contributed by atoms with Gasteiger partial charge >= 0.3 is 12.2 Å². The molecule has 68 heavy (non-hydrogen) atoms. The molecule has 0 saturated carbocycles. The summed E-state index contributed by atoms with van der Waals surface area (Å²) in [6.45, 7) is 8.78. The molecule has 10 amide bonds. The van der Waals surface area contributed by atoms with E-state index in [9.17, 15) is 52.7 Å². The van der Waals surface area contributed by atoms with Gasteiger partial charge in [-0.1, -0.05) is 6.92 Å². The number of hydrogen-bond donors (Lipinski definition) is 8. The summed E-state index contributed by atoms with van der Waals surface area (Å²) in [5, 5.41) is 19.9. The quantitative estimate of drug-likeness (QED) is 0.0300. The molecular weight excluding hydrogens is 971 g/mol. The minimum Gasteiger partial charge on any atom is -0.447 e. The fourth-order valence-corrected chi connectivity index (χ4v) is 7.12. The molecule has 386 valence electrons. The van der Waals surface area contributed by atoms with Crippen LogP contribution in [0.25, 0.3) is 0 Å². The number of amides is 10. The molecule has 2 rings (SSSR count). The van der Waals surface area contributed by atoms with Crippen LogP contribution >= 0.6 is 41.6 Å². The highest BCUT2D eigenvalue weighted by molar-refractivity contribution is 8.00. The fourth-order valence-electron chi connectivity index (χ4n) is 5.85. The lowest BCUT2D eigenvalue weighted by atomic mass is 10.0. The van der Waals surface area contributed by atoms with Crippen LogP contribution in [-0.2, 0) is 57.4 Å². The summed E-state index contributed by atoms with van der Waals surface area (Å²) in [4.78, 5) is 132. The van der Waals surface area contributed by atoms with E-state index in [0.717, 1.165) is 9.80 Å². The van der Waals surface area contributed by atoms with Gasteiger partial charge in [-0.3, -0.25) is 58.5 Å². The van der Waals surface area contributed by atoms with Crippen molar-refractivity contribution in [3.8, 4) is 0 Å². The highest BCUT2D eigenvalue weighted by atomic mass is 32.2. The van der Waals surface area contributed by atoms with E-state index in [1.807, 2.05) is 0 Å². The third-order valence-electron chi connectivity index (χ3n) is 9.18. The maximum absolute atomic E-state index is 12.1. The maximum Gasteiger partial charge on any atom is 0.407 e. The number of nitrogens with zero attached hydrogens (tertiary/aromatic N) is 2. The number of alkyl carbamates (subject to hydrolysis) is 2. The molecule has 0 bridgehead atoms. The Morgan fingerprint density at radius 2 is 1.04 bits per heavy atom. The Bertz CT molecular complexity index is 1630. The molecule has 2 heterocycles. The molecule has 2 atom stereocenters. The molecule has 2 unspecified atom stereocenters. The highest BCUT2D eigenvalue weighted by Gasteiger charge is 2.38. The van der Waals surface area contributed by atoms with Crippen molar-refractivity contribution in [2.75, 3.05) is 84.7 Å². The lowest BCUT2D eigenvalue weighted by molar-refractivity contribution is -0.140. The molecule has 2 aliphatic rings. The molecule has 8 N–H and O–H groups in total. The Hall–Kier alpha value is -4.77. The summed E-state index contributed by atoms with van der Waals surface area (Å²) in [6.07, 6.45) is 3.32. The second kappa shape index (κ2) is 40.1. The van der Waals surface area contributed by atoms with Crippen molar-refractivity contribution in [1.82, 2.24) is 41.7 Å². The van der Waals surface area contributed by atoms with Crippen LogP contribution in [0.15, 0.2) is 0 Å². The highest BCUT2D eigenvalue weighted by Crippen LogP contribution is 2.24. The van der Waals surface area contributed by atoms with Gasteiger partial charge in [-0.25, -0.2) is 9.59 Å². The SMILES string of the molecule is CCNC(=O)OCC(COC(=O)NCC)OCCCC(C)=O.CSC1CC(=O)N(CCC(=O)NCCNC(=O)CC(C)CC(=O)NCCNC(=O)CCN2C(=O)CC(SC)C2=O)C1=O.[2H]N=P.[2H]N=P. The largest absolute Gasteiger partial charge is 0.447 e. The molecule has 2 fully saturated rings. The van der Waals surface area contributed by atoms with E-state index in [1.54, 1.807) is 33.3 Å². The number of carbonyl (C=O) groups is 11. The first-order chi connectivity index (χ1) is 33.3. The summed E-state index contributed by atoms with van der Waals surface area (Å²) in [5.41, 5.74) is 0. The smallest absolute Gasteiger partial charge is 0.407 e. The lowest BCUT2D eigenvalue weighted by Crippen LogP contribution is -2.39. The van der Waals surface area contributed by atoms with Gasteiger partial charge in [0.2, 0.25) is 47.3 Å². The topological polar surface area (TPSA) is 342 Å². The number of ketones is 1. The number of hydrogen-bond acceptors (Lipinski definition) is 18. The maximum atomic E-state index is 12.1. The molecule has 2 aliphatic heterocycles. The van der Waals surface area contributed by atoms with Gasteiger partial charge in [0.1, 0.15) is 25.1 Å². The van der Waals surface area contributed by atoms with Crippen molar-refractivity contribution < 1.29 is 69.8 Å². The van der Waals surface area contributed by atoms with Gasteiger partial charge in [0.05, 0.1) is 10.5 Å². The average molecular weight is 1040 g/mol. The summed E-state index contributed by atoms with van der Waals surface area (Å²) in [7, 11) is 4.95. The molecule has 2 saturated heterocycles. The number of rotatable bonds is 29. The van der Waals surface area contributed by atoms with Crippen LogP contribution in [0.2, 0.25) is 2.82 Å². The molecule has 0 aliphatic carbocycles. The first kappa shape index (κ1) is 61.2. The number of ether oxygens (including phenoxy) is 3. The van der Waals surface area contributed by atoms with E-state index < -0.39 is 18.3 Å². The summed E-state index contributed by atoms with van der Waals surface area (Å²) < 4.78 is 26.9. The summed E-state index contributed by atoms with van der Waals surface area (Å²) in [5.74, 6) is -2.46. The first-order valence-electron chi connectivity index (χ1n) is 22.5. The van der Waals surface area contributed by atoms with E-state index in [-0.39, 0.29) is 160 Å². The van der Waals surface area contributed by atoms with Crippen LogP contribution in [0, 0.1) is 16.2 Å². The first-order valence-corrected chi connectivity index (χ1v) is 25.1. The Morgan fingerprint density at radius 1 is 0.676 bits per heavy atom. The Morgan fingerprint density at radius 3 is 1.37 bits per heavy atom. The van der Waals surface area contributed by atoms with Gasteiger partial charge in [0.15, 0.2) is 2.82 Å². The second-order valence-electron chi connectivity index (χ2n) is 14.6. The Kier molecular flexibility index (Phi) is 36.2. The molecule has 0 radical (unpaired) electrons. The van der Waals surface area contributed by atoms with Gasteiger partial charge in [-0.15, -0.1) is 0 Å². The van der Waals surface area contributed by atoms with Crippen molar-refractivity contribution in [2.45, 2.75) is 95.7 Å². The van der Waals surface area contributed by atoms with Crippen LogP contribution in [0.4, 0.5) is 9.59 Å². The van der Waals surface area contributed by atoms with Crippen LogP contribution < -0.4 is 31.9 Å². The second-order valence-corrected chi connectivity index (χ2v) is 16.7. The van der Waals surface area contributed by atoms with Crippen molar-refractivity contribution in [2.24, 2.45) is 5.92 Å². The molecular formula is C40H70N10O14P2S2. The normalized spacial score (nSPS) is 15.6. The van der Waals surface area contributed by atoms with Crippen LogP contribution in [-0.4, -0.2) is 176 Å². The predicted octanol–water partition coefficient (Wildman–Crippen LogP) is 1.64. The minimum atomic E-state index is -0.572. The van der Waals surface area contributed by atoms with Gasteiger partial charge < -0.3 is 50.9 Å². The molecule has 0 aromatic heterocycles. The number of carbonyl (C=O) groups excluding carboxylic acids is 11. The van der Waals surface area contributed by atoms with E-state index in [0.29, 0.717) is 32.5 Å². The summed E-state index contributed by atoms with van der Waals surface area (Å²) in [6, 6.07) is 0. The molecule has 28 heteroatoms. The summed E-state index contributed by atoms with van der Waals surface area (Å²) >= 11 is 2.63. The van der Waals surface area contributed by atoms with Crippen LogP contribution in [0.1, 0.15) is 79.1 Å². The van der Waals surface area contributed by atoms with Crippen LogP contribution in [0.3, 0.4) is 0 Å². The molecule has 0 aromatic rings. The molecule has 0 spiro atoms. The number of imide groups is 2. The number of thioether (sulfide) groups is 2. The van der Waals surface area contributed by atoms with Crippen molar-refractivity contribution in [1.29, 1.82) is 10.3 Å². The Labute approximate surface area is 413 Å².